The van der Waals surface area contributed by atoms with E-state index in [0.29, 0.717) is 30.8 Å². The van der Waals surface area contributed by atoms with Crippen LogP contribution in [0.1, 0.15) is 48.5 Å². The second-order valence-corrected chi connectivity index (χ2v) is 9.38. The molecule has 2 fully saturated rings. The molecule has 0 spiro atoms. The molecule has 7 nitrogen and oxygen atoms in total. The number of urea groups is 1. The third-order valence-electron chi connectivity index (χ3n) is 6.66. The second-order valence-electron chi connectivity index (χ2n) is 9.38. The number of nitrogens with one attached hydrogen (secondary N) is 2. The van der Waals surface area contributed by atoms with Crippen LogP contribution in [0.4, 0.5) is 10.5 Å². The van der Waals surface area contributed by atoms with Gasteiger partial charge in [0.25, 0.3) is 0 Å². The van der Waals surface area contributed by atoms with Gasteiger partial charge in [-0.25, -0.2) is 4.79 Å². The fraction of sp³-hybridized carbons (Fsp3) is 0.444. The van der Waals surface area contributed by atoms with Crippen LogP contribution in [0.5, 0.6) is 0 Å². The van der Waals surface area contributed by atoms with Crippen LogP contribution in [-0.4, -0.2) is 54.5 Å². The van der Waals surface area contributed by atoms with Crippen molar-refractivity contribution in [1.29, 1.82) is 0 Å². The maximum atomic E-state index is 12.7. The lowest BCUT2D eigenvalue weighted by Gasteiger charge is -2.38. The summed E-state index contributed by atoms with van der Waals surface area (Å²) in [6.07, 6.45) is 4.67. The van der Waals surface area contributed by atoms with Gasteiger partial charge in [0.1, 0.15) is 6.10 Å². The van der Waals surface area contributed by atoms with E-state index in [1.165, 1.54) is 6.92 Å². The van der Waals surface area contributed by atoms with Crippen molar-refractivity contribution >= 4 is 23.5 Å². The molecule has 1 saturated carbocycles. The molecule has 3 atom stereocenters. The number of morpholine rings is 1. The predicted molar refractivity (Wildman–Crippen MR) is 131 cm³/mol. The van der Waals surface area contributed by atoms with E-state index in [2.05, 4.69) is 27.7 Å². The molecule has 7 heteroatoms. The van der Waals surface area contributed by atoms with Crippen molar-refractivity contribution in [2.24, 2.45) is 5.92 Å². The number of amides is 2. The summed E-state index contributed by atoms with van der Waals surface area (Å²) in [6.45, 7) is 3.25. The predicted octanol–water partition coefficient (Wildman–Crippen LogP) is 4.04. The molecule has 1 aliphatic carbocycles. The molecule has 0 unspecified atom stereocenters. The topological polar surface area (TPSA) is 87.7 Å². The fourth-order valence-electron chi connectivity index (χ4n) is 5.02. The third-order valence-corrected chi connectivity index (χ3v) is 6.66. The number of Topliss-reactive ketones (excluding diaryl/α,β-unsaturated/α-hetero) is 1. The van der Waals surface area contributed by atoms with Gasteiger partial charge in [-0.1, -0.05) is 55.3 Å². The van der Waals surface area contributed by atoms with Crippen molar-refractivity contribution in [3.63, 3.8) is 0 Å². The molecule has 1 heterocycles. The van der Waals surface area contributed by atoms with Gasteiger partial charge in [0, 0.05) is 36.8 Å². The van der Waals surface area contributed by atoms with Crippen LogP contribution in [0.2, 0.25) is 0 Å². The zero-order valence-corrected chi connectivity index (χ0v) is 19.7. The minimum absolute atomic E-state index is 0.0373. The summed E-state index contributed by atoms with van der Waals surface area (Å²) in [5.41, 5.74) is 2.32. The van der Waals surface area contributed by atoms with Gasteiger partial charge in [-0.2, -0.15) is 0 Å². The first-order valence-electron chi connectivity index (χ1n) is 12.1. The van der Waals surface area contributed by atoms with Gasteiger partial charge in [-0.15, -0.1) is 0 Å². The van der Waals surface area contributed by atoms with Crippen LogP contribution in [-0.2, 0) is 16.0 Å². The smallest absolute Gasteiger partial charge is 0.320 e. The number of rotatable bonds is 7. The van der Waals surface area contributed by atoms with Crippen LogP contribution in [0.3, 0.4) is 0 Å². The first-order chi connectivity index (χ1) is 16.5. The lowest BCUT2D eigenvalue weighted by molar-refractivity contribution is -0.159. The Bertz CT molecular complexity index is 1010. The minimum atomic E-state index is -0.266. The van der Waals surface area contributed by atoms with Crippen molar-refractivity contribution in [1.82, 2.24) is 10.2 Å². The molecule has 180 valence electrons. The Hall–Kier alpha value is -3.19. The number of nitrogens with zero attached hydrogens (tertiary/aromatic N) is 1. The van der Waals surface area contributed by atoms with Crippen LogP contribution >= 0.6 is 0 Å². The van der Waals surface area contributed by atoms with Gasteiger partial charge >= 0.3 is 12.0 Å². The van der Waals surface area contributed by atoms with Gasteiger partial charge in [-0.05, 0) is 43.4 Å². The molecule has 2 aromatic carbocycles. The molecule has 0 radical (unpaired) electrons. The maximum Gasteiger partial charge on any atom is 0.320 e. The normalized spacial score (nSPS) is 23.1. The molecule has 0 bridgehead atoms. The number of ether oxygens (including phenoxy) is 1. The van der Waals surface area contributed by atoms with E-state index in [4.69, 9.17) is 4.74 Å². The highest BCUT2D eigenvalue weighted by Gasteiger charge is 2.32. The summed E-state index contributed by atoms with van der Waals surface area (Å²) in [4.78, 5) is 38.8. The standard InChI is InChI=1S/C27H33N3O4/c1-19(31)21-11-7-12-23(15-21)28-27(33)29-25-13-6-5-10-22(25)16-30-17-24(34-26(32)18-30)14-20-8-3-2-4-9-20/h2-4,7-9,11-12,15,22,24-25H,5-6,10,13-14,16-18H2,1H3,(H2,28,29,33)/t22-,24-,25+/m0/s1. The highest BCUT2D eigenvalue weighted by molar-refractivity contribution is 5.96. The molecule has 2 aliphatic rings. The van der Waals surface area contributed by atoms with E-state index in [-0.39, 0.29) is 35.8 Å². The Labute approximate surface area is 200 Å². The number of esters is 1. The third kappa shape index (κ3) is 6.67. The second kappa shape index (κ2) is 11.3. The molecule has 2 amide bonds. The molecule has 1 aliphatic heterocycles. The maximum absolute atomic E-state index is 12.7. The highest BCUT2D eigenvalue weighted by Crippen LogP contribution is 2.27. The zero-order chi connectivity index (χ0) is 23.9. The summed E-state index contributed by atoms with van der Waals surface area (Å²) in [7, 11) is 0. The monoisotopic (exact) mass is 463 g/mol. The van der Waals surface area contributed by atoms with Gasteiger partial charge < -0.3 is 15.4 Å². The van der Waals surface area contributed by atoms with Crippen LogP contribution < -0.4 is 10.6 Å². The van der Waals surface area contributed by atoms with Crippen molar-refractivity contribution in [2.45, 2.75) is 51.2 Å². The average molecular weight is 464 g/mol. The Morgan fingerprint density at radius 1 is 1.06 bits per heavy atom. The van der Waals surface area contributed by atoms with Crippen LogP contribution in [0.25, 0.3) is 0 Å². The van der Waals surface area contributed by atoms with Gasteiger partial charge in [0.05, 0.1) is 6.54 Å². The number of ketones is 1. The van der Waals surface area contributed by atoms with E-state index >= 15 is 0 Å². The number of cyclic esters (lactones) is 1. The van der Waals surface area contributed by atoms with Crippen molar-refractivity contribution in [2.75, 3.05) is 25.0 Å². The summed E-state index contributed by atoms with van der Waals surface area (Å²) in [6, 6.07) is 16.8. The largest absolute Gasteiger partial charge is 0.460 e. The summed E-state index contributed by atoms with van der Waals surface area (Å²) < 4.78 is 5.61. The van der Waals surface area contributed by atoms with E-state index in [9.17, 15) is 14.4 Å². The van der Waals surface area contributed by atoms with E-state index in [1.54, 1.807) is 24.3 Å². The molecule has 2 aromatic rings. The molecule has 34 heavy (non-hydrogen) atoms. The number of anilines is 1. The first-order valence-corrected chi connectivity index (χ1v) is 12.1. The Morgan fingerprint density at radius 3 is 2.65 bits per heavy atom. The van der Waals surface area contributed by atoms with E-state index in [0.717, 1.165) is 37.8 Å². The Kier molecular flexibility index (Phi) is 7.95. The number of hydrogen-bond donors (Lipinski definition) is 2. The fourth-order valence-corrected chi connectivity index (χ4v) is 5.02. The molecular formula is C27H33N3O4. The Morgan fingerprint density at radius 2 is 1.85 bits per heavy atom. The number of carbonyl (C=O) groups excluding carboxylic acids is 3. The molecule has 2 N–H and O–H groups in total. The van der Waals surface area contributed by atoms with Crippen LogP contribution in [0.15, 0.2) is 54.6 Å². The van der Waals surface area contributed by atoms with E-state index < -0.39 is 0 Å². The SMILES string of the molecule is CC(=O)c1cccc(NC(=O)N[C@@H]2CCCC[C@H]2CN2CC(=O)O[C@@H](Cc3ccccc3)C2)c1. The molecule has 0 aromatic heterocycles. The number of carbonyl (C=O) groups is 3. The van der Waals surface area contributed by atoms with E-state index in [1.807, 2.05) is 18.2 Å². The summed E-state index contributed by atoms with van der Waals surface area (Å²) >= 11 is 0. The highest BCUT2D eigenvalue weighted by atomic mass is 16.5. The molecular weight excluding hydrogens is 430 g/mol. The molecule has 1 saturated heterocycles. The number of benzene rings is 2. The van der Waals surface area contributed by atoms with Crippen LogP contribution in [0, 0.1) is 5.92 Å². The Balaban J connectivity index is 1.34. The lowest BCUT2D eigenvalue weighted by atomic mass is 9.84. The first kappa shape index (κ1) is 24.0. The summed E-state index contributed by atoms with van der Waals surface area (Å²) in [5.74, 6) is 0.0453. The number of hydrogen-bond acceptors (Lipinski definition) is 5. The van der Waals surface area contributed by atoms with Gasteiger partial charge in [0.2, 0.25) is 0 Å². The molecule has 4 rings (SSSR count). The summed E-state index contributed by atoms with van der Waals surface area (Å²) in [5, 5.41) is 6.00. The van der Waals surface area contributed by atoms with Gasteiger partial charge in [0.15, 0.2) is 5.78 Å². The van der Waals surface area contributed by atoms with Gasteiger partial charge in [-0.3, -0.25) is 14.5 Å². The van der Waals surface area contributed by atoms with Crippen molar-refractivity contribution in [3.8, 4) is 0 Å². The van der Waals surface area contributed by atoms with Crippen molar-refractivity contribution in [3.05, 3.63) is 65.7 Å². The van der Waals surface area contributed by atoms with Crippen molar-refractivity contribution < 1.29 is 19.1 Å². The lowest BCUT2D eigenvalue weighted by Crippen LogP contribution is -2.52. The average Bonchev–Trinajstić information content (AvgIpc) is 2.81. The zero-order valence-electron chi connectivity index (χ0n) is 19.7. The quantitative estimate of drug-likeness (QED) is 0.478. The minimum Gasteiger partial charge on any atom is -0.460 e.